The average molecular weight is 369 g/mol. The maximum absolute atomic E-state index is 12.9. The van der Waals surface area contributed by atoms with Gasteiger partial charge in [0, 0.05) is 6.04 Å². The van der Waals surface area contributed by atoms with Gasteiger partial charge >= 0.3 is 0 Å². The Morgan fingerprint density at radius 1 is 1.08 bits per heavy atom. The predicted molar refractivity (Wildman–Crippen MR) is 104 cm³/mol. The lowest BCUT2D eigenvalue weighted by atomic mass is 9.93. The maximum Gasteiger partial charge on any atom is 0.244 e. The minimum absolute atomic E-state index is 0.000906. The van der Waals surface area contributed by atoms with Crippen LogP contribution in [0, 0.1) is 18.8 Å². The Hall–Kier alpha value is -1.56. The van der Waals surface area contributed by atoms with Gasteiger partial charge in [0.15, 0.2) is 0 Å². The highest BCUT2D eigenvalue weighted by atomic mass is 32.2. The van der Waals surface area contributed by atoms with Crippen molar-refractivity contribution in [2.24, 2.45) is 11.8 Å². The lowest BCUT2D eigenvalue weighted by molar-refractivity contribution is -0.123. The summed E-state index contributed by atoms with van der Waals surface area (Å²) in [6.45, 7) is 12.0. The van der Waals surface area contributed by atoms with Crippen LogP contribution >= 0.6 is 0 Å². The molecule has 0 bridgehead atoms. The van der Waals surface area contributed by atoms with E-state index in [1.807, 2.05) is 26.0 Å². The van der Waals surface area contributed by atoms with Crippen molar-refractivity contribution in [3.8, 4) is 0 Å². The summed E-state index contributed by atoms with van der Waals surface area (Å²) >= 11 is 0. The van der Waals surface area contributed by atoms with Gasteiger partial charge in [-0.2, -0.15) is 0 Å². The fraction of sp³-hybridized carbons (Fsp3) is 0.632. The molecule has 0 saturated carbocycles. The van der Waals surface area contributed by atoms with Gasteiger partial charge in [-0.25, -0.2) is 8.42 Å². The molecule has 0 radical (unpaired) electrons. The van der Waals surface area contributed by atoms with Crippen molar-refractivity contribution in [2.75, 3.05) is 10.6 Å². The molecule has 142 valence electrons. The lowest BCUT2D eigenvalue weighted by Gasteiger charge is -2.33. The van der Waals surface area contributed by atoms with Crippen LogP contribution in [-0.4, -0.2) is 32.7 Å². The number of sulfonamides is 1. The SMILES string of the molecule is CCC(C(=O)NC(C(C)C)C(C)C)N(c1ccc(C)cc1)S(C)(=O)=O. The minimum Gasteiger partial charge on any atom is -0.351 e. The summed E-state index contributed by atoms with van der Waals surface area (Å²) in [6, 6.07) is 6.43. The molecule has 0 saturated heterocycles. The molecule has 0 aliphatic carbocycles. The molecule has 0 aliphatic heterocycles. The number of hydrogen-bond donors (Lipinski definition) is 1. The number of rotatable bonds is 8. The van der Waals surface area contributed by atoms with Gasteiger partial charge in [-0.3, -0.25) is 9.10 Å². The summed E-state index contributed by atoms with van der Waals surface area (Å²) < 4.78 is 26.1. The summed E-state index contributed by atoms with van der Waals surface area (Å²) in [7, 11) is -3.59. The van der Waals surface area contributed by atoms with Crippen molar-refractivity contribution in [2.45, 2.75) is 60.0 Å². The van der Waals surface area contributed by atoms with E-state index in [1.54, 1.807) is 12.1 Å². The van der Waals surface area contributed by atoms with Crippen molar-refractivity contribution < 1.29 is 13.2 Å². The molecule has 25 heavy (non-hydrogen) atoms. The zero-order valence-electron chi connectivity index (χ0n) is 16.4. The molecule has 5 nitrogen and oxygen atoms in total. The molecule has 1 amide bonds. The van der Waals surface area contributed by atoms with E-state index in [0.29, 0.717) is 12.1 Å². The van der Waals surface area contributed by atoms with Crippen molar-refractivity contribution >= 4 is 21.6 Å². The van der Waals surface area contributed by atoms with Crippen molar-refractivity contribution in [3.63, 3.8) is 0 Å². The first kappa shape index (κ1) is 21.5. The standard InChI is InChI=1S/C19H32N2O3S/c1-8-17(19(22)20-18(13(2)3)14(4)5)21(25(7,23)24)16-11-9-15(6)10-12-16/h9-14,17-18H,8H2,1-7H3,(H,20,22). The van der Waals surface area contributed by atoms with E-state index in [0.717, 1.165) is 11.8 Å². The van der Waals surface area contributed by atoms with Gasteiger partial charge < -0.3 is 5.32 Å². The van der Waals surface area contributed by atoms with Crippen LogP contribution < -0.4 is 9.62 Å². The number of hydrogen-bond acceptors (Lipinski definition) is 3. The predicted octanol–water partition coefficient (Wildman–Crippen LogP) is 3.34. The fourth-order valence-corrected chi connectivity index (χ4v) is 4.33. The highest BCUT2D eigenvalue weighted by Crippen LogP contribution is 2.23. The first-order chi connectivity index (χ1) is 11.5. The molecule has 1 atom stereocenters. The van der Waals surface area contributed by atoms with E-state index in [9.17, 15) is 13.2 Å². The summed E-state index contributed by atoms with van der Waals surface area (Å²) in [5, 5.41) is 3.06. The Morgan fingerprint density at radius 2 is 1.56 bits per heavy atom. The van der Waals surface area contributed by atoms with Crippen molar-refractivity contribution in [3.05, 3.63) is 29.8 Å². The molecular weight excluding hydrogens is 336 g/mol. The molecule has 6 heteroatoms. The van der Waals surface area contributed by atoms with Crippen molar-refractivity contribution in [1.29, 1.82) is 0 Å². The second-order valence-corrected chi connectivity index (χ2v) is 9.20. The van der Waals surface area contributed by atoms with E-state index < -0.39 is 16.1 Å². The molecule has 1 aromatic rings. The largest absolute Gasteiger partial charge is 0.351 e. The Labute approximate surface area is 152 Å². The highest BCUT2D eigenvalue weighted by molar-refractivity contribution is 7.92. The first-order valence-corrected chi connectivity index (χ1v) is 10.7. The van der Waals surface area contributed by atoms with Gasteiger partial charge in [-0.1, -0.05) is 52.3 Å². The average Bonchev–Trinajstić information content (AvgIpc) is 2.49. The van der Waals surface area contributed by atoms with E-state index in [4.69, 9.17) is 0 Å². The Morgan fingerprint density at radius 3 is 1.92 bits per heavy atom. The molecular formula is C19H32N2O3S. The summed E-state index contributed by atoms with van der Waals surface area (Å²) in [4.78, 5) is 12.9. The maximum atomic E-state index is 12.9. The van der Waals surface area contributed by atoms with Gasteiger partial charge in [0.05, 0.1) is 11.9 Å². The number of nitrogens with one attached hydrogen (secondary N) is 1. The molecule has 1 N–H and O–H groups in total. The number of carbonyl (C=O) groups is 1. The highest BCUT2D eigenvalue weighted by Gasteiger charge is 2.33. The third-order valence-corrected chi connectivity index (χ3v) is 5.54. The first-order valence-electron chi connectivity index (χ1n) is 8.85. The normalized spacial score (nSPS) is 13.4. The Balaban J connectivity index is 3.21. The molecule has 0 fully saturated rings. The number of amides is 1. The van der Waals surface area contributed by atoms with Gasteiger partial charge in [0.1, 0.15) is 6.04 Å². The molecule has 0 heterocycles. The van der Waals surface area contributed by atoms with Crippen LogP contribution in [0.4, 0.5) is 5.69 Å². The number of benzene rings is 1. The summed E-state index contributed by atoms with van der Waals surface area (Å²) in [5.74, 6) is 0.293. The van der Waals surface area contributed by atoms with Gasteiger partial charge in [0.2, 0.25) is 15.9 Å². The van der Waals surface area contributed by atoms with E-state index in [1.165, 1.54) is 4.31 Å². The van der Waals surface area contributed by atoms with Crippen LogP contribution in [-0.2, 0) is 14.8 Å². The molecule has 1 unspecified atom stereocenters. The van der Waals surface area contributed by atoms with E-state index in [2.05, 4.69) is 33.0 Å². The second-order valence-electron chi connectivity index (χ2n) is 7.34. The van der Waals surface area contributed by atoms with E-state index >= 15 is 0 Å². The summed E-state index contributed by atoms with van der Waals surface area (Å²) in [5.41, 5.74) is 1.55. The van der Waals surface area contributed by atoms with Crippen LogP contribution in [0.5, 0.6) is 0 Å². The molecule has 1 rings (SSSR count). The van der Waals surface area contributed by atoms with Crippen LogP contribution in [0.3, 0.4) is 0 Å². The molecule has 0 aliphatic rings. The van der Waals surface area contributed by atoms with Gasteiger partial charge in [0.25, 0.3) is 0 Å². The van der Waals surface area contributed by atoms with E-state index in [-0.39, 0.29) is 23.8 Å². The van der Waals surface area contributed by atoms with Crippen LogP contribution in [0.2, 0.25) is 0 Å². The topological polar surface area (TPSA) is 66.5 Å². The number of carbonyl (C=O) groups excluding carboxylic acids is 1. The molecule has 0 spiro atoms. The number of anilines is 1. The second kappa shape index (κ2) is 8.70. The van der Waals surface area contributed by atoms with Crippen LogP contribution in [0.25, 0.3) is 0 Å². The van der Waals surface area contributed by atoms with Gasteiger partial charge in [-0.05, 0) is 37.3 Å². The zero-order valence-corrected chi connectivity index (χ0v) is 17.2. The Bertz CT molecular complexity index is 658. The third-order valence-electron chi connectivity index (χ3n) is 4.36. The van der Waals surface area contributed by atoms with Gasteiger partial charge in [-0.15, -0.1) is 0 Å². The number of nitrogens with zero attached hydrogens (tertiary/aromatic N) is 1. The molecule has 1 aromatic carbocycles. The fourth-order valence-electron chi connectivity index (χ4n) is 3.12. The lowest BCUT2D eigenvalue weighted by Crippen LogP contribution is -2.53. The molecule has 0 aromatic heterocycles. The smallest absolute Gasteiger partial charge is 0.244 e. The monoisotopic (exact) mass is 368 g/mol. The number of aryl methyl sites for hydroxylation is 1. The zero-order chi connectivity index (χ0) is 19.4. The van der Waals surface area contributed by atoms with Crippen LogP contribution in [0.15, 0.2) is 24.3 Å². The minimum atomic E-state index is -3.59. The summed E-state index contributed by atoms with van der Waals surface area (Å²) in [6.07, 6.45) is 1.54. The van der Waals surface area contributed by atoms with Crippen molar-refractivity contribution in [1.82, 2.24) is 5.32 Å². The Kier molecular flexibility index (Phi) is 7.47. The third kappa shape index (κ3) is 5.73. The van der Waals surface area contributed by atoms with Crippen LogP contribution in [0.1, 0.15) is 46.6 Å². The quantitative estimate of drug-likeness (QED) is 0.765.